The van der Waals surface area contributed by atoms with Gasteiger partial charge in [0.05, 0.1) is 5.02 Å². The van der Waals surface area contributed by atoms with E-state index < -0.39 is 11.6 Å². The van der Waals surface area contributed by atoms with Crippen molar-refractivity contribution in [2.24, 2.45) is 5.92 Å². The molecule has 0 aromatic heterocycles. The molecule has 1 aromatic rings. The molecule has 0 radical (unpaired) electrons. The maximum Gasteiger partial charge on any atom is 0.171 e. The second kappa shape index (κ2) is 4.47. The zero-order chi connectivity index (χ0) is 11.7. The van der Waals surface area contributed by atoms with Gasteiger partial charge in [0.25, 0.3) is 0 Å². The minimum atomic E-state index is -0.770. The van der Waals surface area contributed by atoms with Crippen LogP contribution in [0.15, 0.2) is 6.07 Å². The van der Waals surface area contributed by atoms with Crippen LogP contribution in [0.1, 0.15) is 12.0 Å². The van der Waals surface area contributed by atoms with Crippen LogP contribution in [0.2, 0.25) is 5.02 Å². The maximum absolute atomic E-state index is 13.6. The number of nitrogens with one attached hydrogen (secondary N) is 1. The Balaban J connectivity index is 2.31. The molecular weight excluding hydrogens is 233 g/mol. The highest BCUT2D eigenvalue weighted by Crippen LogP contribution is 2.36. The summed E-state index contributed by atoms with van der Waals surface area (Å²) >= 11 is 5.68. The van der Waals surface area contributed by atoms with Gasteiger partial charge < -0.3 is 15.5 Å². The predicted octanol–water partition coefficient (Wildman–Crippen LogP) is 2.04. The fourth-order valence-corrected chi connectivity index (χ4v) is 2.24. The van der Waals surface area contributed by atoms with Gasteiger partial charge in [0.1, 0.15) is 5.75 Å². The summed E-state index contributed by atoms with van der Waals surface area (Å²) in [5, 5.41) is 22.1. The third-order valence-corrected chi connectivity index (χ3v) is 3.21. The van der Waals surface area contributed by atoms with Gasteiger partial charge in [0.15, 0.2) is 11.6 Å². The first kappa shape index (κ1) is 11.5. The normalized spacial score (nSPS) is 20.2. The van der Waals surface area contributed by atoms with Gasteiger partial charge in [-0.15, -0.1) is 0 Å². The lowest BCUT2D eigenvalue weighted by Gasteiger charge is -2.12. The number of phenols is 2. The topological polar surface area (TPSA) is 52.5 Å². The van der Waals surface area contributed by atoms with Crippen LogP contribution in [-0.4, -0.2) is 23.3 Å². The van der Waals surface area contributed by atoms with Crippen LogP contribution in [-0.2, 0) is 6.42 Å². The number of aromatic hydroxyl groups is 2. The molecule has 0 aliphatic carbocycles. The highest BCUT2D eigenvalue weighted by atomic mass is 35.5. The van der Waals surface area contributed by atoms with Crippen LogP contribution in [0.3, 0.4) is 0 Å². The molecule has 1 saturated heterocycles. The smallest absolute Gasteiger partial charge is 0.171 e. The Labute approximate surface area is 97.9 Å². The summed E-state index contributed by atoms with van der Waals surface area (Å²) in [5.74, 6) is -1.26. The molecule has 5 heteroatoms. The molecule has 1 fully saturated rings. The Morgan fingerprint density at radius 3 is 2.88 bits per heavy atom. The molecular formula is C11H13ClFNO2. The average Bonchev–Trinajstić information content (AvgIpc) is 2.74. The Morgan fingerprint density at radius 2 is 2.25 bits per heavy atom. The Morgan fingerprint density at radius 1 is 1.50 bits per heavy atom. The first-order chi connectivity index (χ1) is 7.59. The average molecular weight is 246 g/mol. The van der Waals surface area contributed by atoms with Crippen molar-refractivity contribution >= 4 is 11.6 Å². The third-order valence-electron chi connectivity index (χ3n) is 2.92. The van der Waals surface area contributed by atoms with Crippen LogP contribution in [0.4, 0.5) is 4.39 Å². The molecule has 0 bridgehead atoms. The fraction of sp³-hybridized carbons (Fsp3) is 0.455. The summed E-state index contributed by atoms with van der Waals surface area (Å²) in [7, 11) is 0. The van der Waals surface area contributed by atoms with Crippen LogP contribution >= 0.6 is 11.6 Å². The molecule has 3 nitrogen and oxygen atoms in total. The molecule has 88 valence electrons. The lowest BCUT2D eigenvalue weighted by atomic mass is 9.97. The van der Waals surface area contributed by atoms with Crippen molar-refractivity contribution in [3.8, 4) is 11.5 Å². The van der Waals surface area contributed by atoms with Crippen molar-refractivity contribution in [2.75, 3.05) is 13.1 Å². The van der Waals surface area contributed by atoms with E-state index in [2.05, 4.69) is 5.32 Å². The van der Waals surface area contributed by atoms with E-state index in [0.29, 0.717) is 6.42 Å². The number of rotatable bonds is 2. The number of phenolic OH excluding ortho intramolecular Hbond substituents is 2. The van der Waals surface area contributed by atoms with Crippen LogP contribution in [0.25, 0.3) is 0 Å². The van der Waals surface area contributed by atoms with Crippen molar-refractivity contribution in [3.05, 3.63) is 22.5 Å². The molecule has 16 heavy (non-hydrogen) atoms. The Hall–Kier alpha value is -1.00. The molecule has 1 aromatic carbocycles. The van der Waals surface area contributed by atoms with Crippen LogP contribution < -0.4 is 5.32 Å². The molecule has 3 N–H and O–H groups in total. The van der Waals surface area contributed by atoms with Crippen molar-refractivity contribution in [2.45, 2.75) is 12.8 Å². The van der Waals surface area contributed by atoms with Crippen molar-refractivity contribution < 1.29 is 14.6 Å². The summed E-state index contributed by atoms with van der Waals surface area (Å²) in [6.45, 7) is 1.70. The van der Waals surface area contributed by atoms with E-state index in [1.54, 1.807) is 0 Å². The molecule has 0 amide bonds. The first-order valence-corrected chi connectivity index (χ1v) is 5.57. The predicted molar refractivity (Wildman–Crippen MR) is 59.4 cm³/mol. The van der Waals surface area contributed by atoms with Gasteiger partial charge in [0.2, 0.25) is 0 Å². The highest BCUT2D eigenvalue weighted by molar-refractivity contribution is 6.32. The molecule has 1 aliphatic rings. The van der Waals surface area contributed by atoms with E-state index in [-0.39, 0.29) is 22.3 Å². The number of halogens is 2. The zero-order valence-electron chi connectivity index (χ0n) is 8.63. The lowest BCUT2D eigenvalue weighted by molar-refractivity contribution is 0.406. The summed E-state index contributed by atoms with van der Waals surface area (Å²) in [6.07, 6.45) is 1.32. The number of hydrogen-bond acceptors (Lipinski definition) is 3. The van der Waals surface area contributed by atoms with Crippen molar-refractivity contribution in [1.29, 1.82) is 0 Å². The number of benzene rings is 1. The molecule has 1 unspecified atom stereocenters. The third kappa shape index (κ3) is 2.08. The van der Waals surface area contributed by atoms with Crippen LogP contribution in [0, 0.1) is 11.7 Å². The van der Waals surface area contributed by atoms with E-state index in [4.69, 9.17) is 11.6 Å². The summed E-state index contributed by atoms with van der Waals surface area (Å²) in [6, 6.07) is 1.02. The molecule has 2 rings (SSSR count). The van der Waals surface area contributed by atoms with Gasteiger partial charge in [-0.2, -0.15) is 0 Å². The van der Waals surface area contributed by atoms with E-state index in [9.17, 15) is 14.6 Å². The summed E-state index contributed by atoms with van der Waals surface area (Å²) < 4.78 is 13.6. The van der Waals surface area contributed by atoms with Gasteiger partial charge in [0, 0.05) is 11.6 Å². The molecule has 1 heterocycles. The van der Waals surface area contributed by atoms with E-state index in [1.807, 2.05) is 0 Å². The summed E-state index contributed by atoms with van der Waals surface area (Å²) in [4.78, 5) is 0. The second-order valence-corrected chi connectivity index (χ2v) is 4.49. The first-order valence-electron chi connectivity index (χ1n) is 5.19. The van der Waals surface area contributed by atoms with Gasteiger partial charge >= 0.3 is 0 Å². The van der Waals surface area contributed by atoms with Crippen molar-refractivity contribution in [3.63, 3.8) is 0 Å². The minimum absolute atomic E-state index is 0.0140. The Bertz CT molecular complexity index is 379. The number of hydrogen-bond donors (Lipinski definition) is 3. The SMILES string of the molecule is Oc1cc(Cl)c(O)c(CC2CCNC2)c1F. The molecule has 1 aliphatic heterocycles. The largest absolute Gasteiger partial charge is 0.506 e. The maximum atomic E-state index is 13.6. The van der Waals surface area contributed by atoms with Crippen molar-refractivity contribution in [1.82, 2.24) is 5.32 Å². The quantitative estimate of drug-likeness (QED) is 0.699. The zero-order valence-corrected chi connectivity index (χ0v) is 9.39. The van der Waals surface area contributed by atoms with Gasteiger partial charge in [-0.25, -0.2) is 4.39 Å². The molecule has 1 atom stereocenters. The minimum Gasteiger partial charge on any atom is -0.506 e. The Kier molecular flexibility index (Phi) is 3.21. The highest BCUT2D eigenvalue weighted by Gasteiger charge is 2.22. The van der Waals surface area contributed by atoms with Crippen LogP contribution in [0.5, 0.6) is 11.5 Å². The van der Waals surface area contributed by atoms with E-state index >= 15 is 0 Å². The standard InChI is InChI=1S/C11H13ClFNO2/c12-8-4-9(15)10(13)7(11(8)16)3-6-1-2-14-5-6/h4,6,14-16H,1-3,5H2. The summed E-state index contributed by atoms with van der Waals surface area (Å²) in [5.41, 5.74) is 0.110. The van der Waals surface area contributed by atoms with Gasteiger partial charge in [-0.05, 0) is 31.8 Å². The monoisotopic (exact) mass is 245 g/mol. The molecule has 0 spiro atoms. The van der Waals surface area contributed by atoms with Gasteiger partial charge in [-0.3, -0.25) is 0 Å². The molecule has 0 saturated carbocycles. The van der Waals surface area contributed by atoms with E-state index in [0.717, 1.165) is 25.6 Å². The van der Waals surface area contributed by atoms with Gasteiger partial charge in [-0.1, -0.05) is 11.6 Å². The lowest BCUT2D eigenvalue weighted by Crippen LogP contribution is -2.11. The fourth-order valence-electron chi connectivity index (χ4n) is 2.02. The second-order valence-electron chi connectivity index (χ2n) is 4.08. The van der Waals surface area contributed by atoms with E-state index in [1.165, 1.54) is 0 Å².